The molecule has 1 amide bonds. The van der Waals surface area contributed by atoms with E-state index in [2.05, 4.69) is 10.3 Å². The summed E-state index contributed by atoms with van der Waals surface area (Å²) in [7, 11) is 1.58. The van der Waals surface area contributed by atoms with Crippen molar-refractivity contribution in [1.82, 2.24) is 10.3 Å². The third-order valence-electron chi connectivity index (χ3n) is 2.56. The molecule has 0 saturated carbocycles. The topological polar surface area (TPSA) is 60.5 Å². The number of hydrogen-bond donors (Lipinski definition) is 1. The standard InChI is InChI=1S/C14H15ClN2O3S/c1-19-7-6-16-14(18)11-9-21-13(17-11)8-20-12-5-3-2-4-10(12)15/h2-5,9H,6-8H2,1H3,(H,16,18). The number of carbonyl (C=O) groups excluding carboxylic acids is 1. The molecule has 0 bridgehead atoms. The zero-order valence-electron chi connectivity index (χ0n) is 11.5. The molecule has 5 nitrogen and oxygen atoms in total. The van der Waals surface area contributed by atoms with Gasteiger partial charge in [-0.05, 0) is 12.1 Å². The lowest BCUT2D eigenvalue weighted by molar-refractivity contribution is 0.0932. The Hall–Kier alpha value is -1.63. The van der Waals surface area contributed by atoms with Crippen LogP contribution in [-0.4, -0.2) is 31.2 Å². The molecule has 0 aliphatic carbocycles. The van der Waals surface area contributed by atoms with Gasteiger partial charge in [-0.25, -0.2) is 4.98 Å². The number of para-hydroxylation sites is 1. The molecule has 1 aromatic heterocycles. The van der Waals surface area contributed by atoms with E-state index >= 15 is 0 Å². The van der Waals surface area contributed by atoms with Gasteiger partial charge in [-0.15, -0.1) is 11.3 Å². The molecule has 0 unspecified atom stereocenters. The average molecular weight is 327 g/mol. The quantitative estimate of drug-likeness (QED) is 0.795. The number of benzene rings is 1. The van der Waals surface area contributed by atoms with E-state index < -0.39 is 0 Å². The van der Waals surface area contributed by atoms with E-state index in [0.29, 0.717) is 34.6 Å². The molecule has 7 heteroatoms. The van der Waals surface area contributed by atoms with Crippen molar-refractivity contribution in [2.45, 2.75) is 6.61 Å². The zero-order valence-corrected chi connectivity index (χ0v) is 13.0. The molecule has 21 heavy (non-hydrogen) atoms. The first-order valence-electron chi connectivity index (χ1n) is 6.29. The predicted molar refractivity (Wildman–Crippen MR) is 82.1 cm³/mol. The van der Waals surface area contributed by atoms with Crippen LogP contribution in [0.4, 0.5) is 0 Å². The minimum absolute atomic E-state index is 0.215. The second-order valence-corrected chi connectivity index (χ2v) is 5.44. The molecule has 1 heterocycles. The molecule has 1 aromatic carbocycles. The van der Waals surface area contributed by atoms with Gasteiger partial charge in [-0.1, -0.05) is 23.7 Å². The maximum atomic E-state index is 11.8. The Morgan fingerprint density at radius 1 is 1.43 bits per heavy atom. The van der Waals surface area contributed by atoms with Gasteiger partial charge in [0, 0.05) is 19.0 Å². The molecule has 0 spiro atoms. The van der Waals surface area contributed by atoms with Crippen LogP contribution in [0.15, 0.2) is 29.6 Å². The van der Waals surface area contributed by atoms with Crippen LogP contribution in [0.5, 0.6) is 5.75 Å². The minimum atomic E-state index is -0.215. The van der Waals surface area contributed by atoms with Crippen LogP contribution in [0, 0.1) is 0 Å². The fourth-order valence-electron chi connectivity index (χ4n) is 1.54. The highest BCUT2D eigenvalue weighted by Gasteiger charge is 2.11. The van der Waals surface area contributed by atoms with Crippen LogP contribution in [0.25, 0.3) is 0 Å². The lowest BCUT2D eigenvalue weighted by atomic mass is 10.3. The molecule has 2 rings (SSSR count). The summed E-state index contributed by atoms with van der Waals surface area (Å²) in [5, 5.41) is 5.68. The van der Waals surface area contributed by atoms with Crippen LogP contribution < -0.4 is 10.1 Å². The maximum Gasteiger partial charge on any atom is 0.270 e. The van der Waals surface area contributed by atoms with Gasteiger partial charge in [-0.2, -0.15) is 0 Å². The smallest absolute Gasteiger partial charge is 0.270 e. The van der Waals surface area contributed by atoms with Gasteiger partial charge in [0.15, 0.2) is 0 Å². The number of amides is 1. The molecule has 0 atom stereocenters. The van der Waals surface area contributed by atoms with Crippen LogP contribution in [0.2, 0.25) is 5.02 Å². The monoisotopic (exact) mass is 326 g/mol. The van der Waals surface area contributed by atoms with E-state index in [1.165, 1.54) is 11.3 Å². The van der Waals surface area contributed by atoms with E-state index in [4.69, 9.17) is 21.1 Å². The maximum absolute atomic E-state index is 11.8. The van der Waals surface area contributed by atoms with Crippen LogP contribution in [0.1, 0.15) is 15.5 Å². The van der Waals surface area contributed by atoms with Crippen molar-refractivity contribution in [3.05, 3.63) is 45.4 Å². The van der Waals surface area contributed by atoms with Crippen molar-refractivity contribution in [2.24, 2.45) is 0 Å². The second kappa shape index (κ2) is 7.97. The number of nitrogens with zero attached hydrogens (tertiary/aromatic N) is 1. The number of aromatic nitrogens is 1. The van der Waals surface area contributed by atoms with Gasteiger partial charge in [0.05, 0.1) is 11.6 Å². The molecule has 112 valence electrons. The van der Waals surface area contributed by atoms with Crippen molar-refractivity contribution >= 4 is 28.8 Å². The van der Waals surface area contributed by atoms with Gasteiger partial charge in [0.2, 0.25) is 0 Å². The summed E-state index contributed by atoms with van der Waals surface area (Å²) < 4.78 is 10.4. The van der Waals surface area contributed by atoms with E-state index in [0.717, 1.165) is 0 Å². The van der Waals surface area contributed by atoms with Crippen molar-refractivity contribution in [3.63, 3.8) is 0 Å². The number of ether oxygens (including phenoxy) is 2. The number of carbonyl (C=O) groups is 1. The molecule has 0 fully saturated rings. The summed E-state index contributed by atoms with van der Waals surface area (Å²) in [6.45, 7) is 1.20. The minimum Gasteiger partial charge on any atom is -0.485 e. The third kappa shape index (κ3) is 4.70. The van der Waals surface area contributed by atoms with E-state index in [1.54, 1.807) is 24.6 Å². The van der Waals surface area contributed by atoms with Gasteiger partial charge in [-0.3, -0.25) is 4.79 Å². The van der Waals surface area contributed by atoms with E-state index in [9.17, 15) is 4.79 Å². The van der Waals surface area contributed by atoms with Crippen LogP contribution >= 0.6 is 22.9 Å². The summed E-state index contributed by atoms with van der Waals surface area (Å²) in [6.07, 6.45) is 0. The Morgan fingerprint density at radius 3 is 3.00 bits per heavy atom. The van der Waals surface area contributed by atoms with Gasteiger partial charge in [0.1, 0.15) is 23.1 Å². The fourth-order valence-corrected chi connectivity index (χ4v) is 2.42. The Bertz CT molecular complexity index is 603. The van der Waals surface area contributed by atoms with E-state index in [-0.39, 0.29) is 12.5 Å². The Morgan fingerprint density at radius 2 is 2.24 bits per heavy atom. The Kier molecular flexibility index (Phi) is 5.98. The Labute approximate surface area is 131 Å². The molecule has 1 N–H and O–H groups in total. The first-order valence-corrected chi connectivity index (χ1v) is 7.55. The third-order valence-corrected chi connectivity index (χ3v) is 3.70. The lowest BCUT2D eigenvalue weighted by Crippen LogP contribution is -2.27. The van der Waals surface area contributed by atoms with Crippen molar-refractivity contribution < 1.29 is 14.3 Å². The zero-order chi connectivity index (χ0) is 15.1. The van der Waals surface area contributed by atoms with Crippen molar-refractivity contribution in [3.8, 4) is 5.75 Å². The van der Waals surface area contributed by atoms with Crippen LogP contribution in [-0.2, 0) is 11.3 Å². The summed E-state index contributed by atoms with van der Waals surface area (Å²) in [5.74, 6) is 0.382. The normalized spacial score (nSPS) is 10.4. The lowest BCUT2D eigenvalue weighted by Gasteiger charge is -2.05. The van der Waals surface area contributed by atoms with Crippen molar-refractivity contribution in [2.75, 3.05) is 20.3 Å². The highest BCUT2D eigenvalue weighted by molar-refractivity contribution is 7.09. The van der Waals surface area contributed by atoms with E-state index in [1.807, 2.05) is 12.1 Å². The SMILES string of the molecule is COCCNC(=O)c1csc(COc2ccccc2Cl)n1. The highest BCUT2D eigenvalue weighted by Crippen LogP contribution is 2.24. The predicted octanol–water partition coefficient (Wildman–Crippen LogP) is 2.75. The fraction of sp³-hybridized carbons (Fsp3) is 0.286. The number of rotatable bonds is 7. The molecule has 0 aliphatic heterocycles. The highest BCUT2D eigenvalue weighted by atomic mass is 35.5. The molecule has 2 aromatic rings. The molecule has 0 radical (unpaired) electrons. The first-order chi connectivity index (χ1) is 10.2. The number of nitrogens with one attached hydrogen (secondary N) is 1. The molecule has 0 saturated heterocycles. The second-order valence-electron chi connectivity index (χ2n) is 4.09. The Balaban J connectivity index is 1.88. The van der Waals surface area contributed by atoms with Gasteiger partial charge in [0.25, 0.3) is 5.91 Å². The first kappa shape index (κ1) is 15.8. The van der Waals surface area contributed by atoms with Crippen LogP contribution in [0.3, 0.4) is 0 Å². The number of halogens is 1. The molecule has 0 aliphatic rings. The van der Waals surface area contributed by atoms with Gasteiger partial charge < -0.3 is 14.8 Å². The summed E-state index contributed by atoms with van der Waals surface area (Å²) in [5.41, 5.74) is 0.383. The molecular formula is C14H15ClN2O3S. The summed E-state index contributed by atoms with van der Waals surface area (Å²) in [6, 6.07) is 7.22. The number of methoxy groups -OCH3 is 1. The average Bonchev–Trinajstić information content (AvgIpc) is 2.95. The van der Waals surface area contributed by atoms with Gasteiger partial charge >= 0.3 is 0 Å². The van der Waals surface area contributed by atoms with Crippen molar-refractivity contribution in [1.29, 1.82) is 0 Å². The number of hydrogen-bond acceptors (Lipinski definition) is 5. The summed E-state index contributed by atoms with van der Waals surface area (Å²) in [4.78, 5) is 16.0. The number of thiazole rings is 1. The largest absolute Gasteiger partial charge is 0.485 e. The molecular weight excluding hydrogens is 312 g/mol. The summed E-state index contributed by atoms with van der Waals surface area (Å²) >= 11 is 7.37.